The number of para-hydroxylation sites is 1. The van der Waals surface area contributed by atoms with Crippen LogP contribution in [0.1, 0.15) is 0 Å². The van der Waals surface area contributed by atoms with Crippen molar-refractivity contribution in [2.45, 2.75) is 0 Å². The zero-order valence-corrected chi connectivity index (χ0v) is 9.51. The van der Waals surface area contributed by atoms with Gasteiger partial charge in [0.05, 0.1) is 5.69 Å². The van der Waals surface area contributed by atoms with E-state index in [0.29, 0.717) is 0 Å². The second-order valence-electron chi connectivity index (χ2n) is 2.86. The van der Waals surface area contributed by atoms with Crippen molar-refractivity contribution in [3.63, 3.8) is 0 Å². The maximum Gasteiger partial charge on any atom is 0.255 e. The van der Waals surface area contributed by atoms with Crippen LogP contribution in [0.2, 0.25) is 0 Å². The van der Waals surface area contributed by atoms with Gasteiger partial charge in [0.1, 0.15) is 0 Å². The third kappa shape index (κ3) is 1.72. The van der Waals surface area contributed by atoms with Crippen LogP contribution in [-0.4, -0.2) is 4.57 Å². The van der Waals surface area contributed by atoms with E-state index in [4.69, 9.17) is 0 Å². The maximum absolute atomic E-state index is 11.5. The summed E-state index contributed by atoms with van der Waals surface area (Å²) in [4.78, 5) is 11.5. The fourth-order valence-corrected chi connectivity index (χ4v) is 1.92. The molecule has 0 amide bonds. The lowest BCUT2D eigenvalue weighted by molar-refractivity contribution is 0.984. The van der Waals surface area contributed by atoms with Gasteiger partial charge >= 0.3 is 0 Å². The normalized spacial score (nSPS) is 10.1. The topological polar surface area (TPSA) is 22.0 Å². The summed E-state index contributed by atoms with van der Waals surface area (Å²) in [6.07, 6.45) is 1.78. The summed E-state index contributed by atoms with van der Waals surface area (Å²) in [5, 5.41) is 0. The van der Waals surface area contributed by atoms with E-state index in [1.54, 1.807) is 22.9 Å². The van der Waals surface area contributed by atoms with Crippen LogP contribution >= 0.6 is 22.6 Å². The molecule has 0 bridgehead atoms. The highest BCUT2D eigenvalue weighted by molar-refractivity contribution is 14.1. The third-order valence-electron chi connectivity index (χ3n) is 1.93. The van der Waals surface area contributed by atoms with Crippen LogP contribution in [0.15, 0.2) is 53.5 Å². The number of rotatable bonds is 1. The second-order valence-corrected chi connectivity index (χ2v) is 4.02. The molecule has 0 radical (unpaired) electrons. The first-order chi connectivity index (χ1) is 6.79. The number of aromatic nitrogens is 1. The van der Waals surface area contributed by atoms with Crippen LogP contribution in [0.25, 0.3) is 5.69 Å². The van der Waals surface area contributed by atoms with Crippen molar-refractivity contribution in [2.75, 3.05) is 0 Å². The molecule has 3 heteroatoms. The Balaban J connectivity index is 2.67. The zero-order chi connectivity index (χ0) is 9.97. The molecule has 0 N–H and O–H groups in total. The molecule has 2 nitrogen and oxygen atoms in total. The van der Waals surface area contributed by atoms with Crippen molar-refractivity contribution in [3.8, 4) is 5.69 Å². The minimum atomic E-state index is -0.00313. The highest BCUT2D eigenvalue weighted by Gasteiger charge is 2.00. The third-order valence-corrected chi connectivity index (χ3v) is 2.85. The molecule has 2 rings (SSSR count). The molecule has 0 saturated heterocycles. The number of benzene rings is 1. The Kier molecular flexibility index (Phi) is 2.67. The number of pyridine rings is 1. The number of halogens is 1. The molecule has 0 aliphatic carbocycles. The summed E-state index contributed by atoms with van der Waals surface area (Å²) in [5.41, 5.74) is 0.926. The SMILES string of the molecule is O=c1ccccn1-c1ccccc1I. The van der Waals surface area contributed by atoms with Crippen LogP contribution in [0.3, 0.4) is 0 Å². The Morgan fingerprint density at radius 1 is 1.00 bits per heavy atom. The van der Waals surface area contributed by atoms with Crippen molar-refractivity contribution in [3.05, 3.63) is 62.6 Å². The lowest BCUT2D eigenvalue weighted by Crippen LogP contribution is -2.16. The van der Waals surface area contributed by atoms with E-state index in [1.165, 1.54) is 0 Å². The van der Waals surface area contributed by atoms with Gasteiger partial charge < -0.3 is 0 Å². The van der Waals surface area contributed by atoms with Gasteiger partial charge in [0.25, 0.3) is 5.56 Å². The van der Waals surface area contributed by atoms with E-state index in [2.05, 4.69) is 22.6 Å². The summed E-state index contributed by atoms with van der Waals surface area (Å²) in [6.45, 7) is 0. The average Bonchev–Trinajstić information content (AvgIpc) is 2.20. The molecule has 0 atom stereocenters. The largest absolute Gasteiger partial charge is 0.283 e. The second kappa shape index (κ2) is 3.96. The average molecular weight is 297 g/mol. The number of nitrogens with zero attached hydrogens (tertiary/aromatic N) is 1. The van der Waals surface area contributed by atoms with E-state index in [9.17, 15) is 4.79 Å². The molecular weight excluding hydrogens is 289 g/mol. The molecule has 0 aliphatic heterocycles. The van der Waals surface area contributed by atoms with Crippen LogP contribution < -0.4 is 5.56 Å². The molecule has 0 aliphatic rings. The lowest BCUT2D eigenvalue weighted by Gasteiger charge is -2.06. The van der Waals surface area contributed by atoms with Gasteiger partial charge in [-0.3, -0.25) is 9.36 Å². The van der Waals surface area contributed by atoms with Crippen molar-refractivity contribution in [1.82, 2.24) is 4.57 Å². The molecule has 70 valence electrons. The molecule has 0 fully saturated rings. The fraction of sp³-hybridized carbons (Fsp3) is 0. The summed E-state index contributed by atoms with van der Waals surface area (Å²) < 4.78 is 2.71. The first-order valence-corrected chi connectivity index (χ1v) is 5.29. The van der Waals surface area contributed by atoms with E-state index in [1.807, 2.05) is 30.3 Å². The fourth-order valence-electron chi connectivity index (χ4n) is 1.27. The van der Waals surface area contributed by atoms with Crippen LogP contribution in [0.5, 0.6) is 0 Å². The number of hydrogen-bond donors (Lipinski definition) is 0. The van der Waals surface area contributed by atoms with Gasteiger partial charge in [0.15, 0.2) is 0 Å². The van der Waals surface area contributed by atoms with Gasteiger partial charge in [-0.1, -0.05) is 18.2 Å². The van der Waals surface area contributed by atoms with Crippen molar-refractivity contribution >= 4 is 22.6 Å². The molecular formula is C11H8INO. The van der Waals surface area contributed by atoms with E-state index in [0.717, 1.165) is 9.26 Å². The van der Waals surface area contributed by atoms with Crippen molar-refractivity contribution < 1.29 is 0 Å². The van der Waals surface area contributed by atoms with Gasteiger partial charge in [-0.05, 0) is 40.8 Å². The first kappa shape index (κ1) is 9.45. The molecule has 1 aromatic heterocycles. The Morgan fingerprint density at radius 3 is 2.43 bits per heavy atom. The van der Waals surface area contributed by atoms with Crippen LogP contribution in [-0.2, 0) is 0 Å². The van der Waals surface area contributed by atoms with Crippen LogP contribution in [0.4, 0.5) is 0 Å². The standard InChI is InChI=1S/C11H8INO/c12-9-5-1-2-6-10(9)13-8-4-3-7-11(13)14/h1-8H. The maximum atomic E-state index is 11.5. The quantitative estimate of drug-likeness (QED) is 0.741. The first-order valence-electron chi connectivity index (χ1n) is 4.21. The van der Waals surface area contributed by atoms with Gasteiger partial charge in [-0.2, -0.15) is 0 Å². The molecule has 0 saturated carbocycles. The Labute approximate surface area is 95.3 Å². The van der Waals surface area contributed by atoms with Gasteiger partial charge in [-0.15, -0.1) is 0 Å². The summed E-state index contributed by atoms with van der Waals surface area (Å²) >= 11 is 2.22. The Morgan fingerprint density at radius 2 is 1.71 bits per heavy atom. The zero-order valence-electron chi connectivity index (χ0n) is 7.35. The minimum absolute atomic E-state index is 0.00313. The van der Waals surface area contributed by atoms with E-state index in [-0.39, 0.29) is 5.56 Å². The molecule has 0 spiro atoms. The highest BCUT2D eigenvalue weighted by atomic mass is 127. The van der Waals surface area contributed by atoms with Crippen LogP contribution in [0, 0.1) is 3.57 Å². The smallest absolute Gasteiger partial charge is 0.255 e. The Hall–Kier alpha value is -1.10. The summed E-state index contributed by atoms with van der Waals surface area (Å²) in [5.74, 6) is 0. The minimum Gasteiger partial charge on any atom is -0.283 e. The van der Waals surface area contributed by atoms with E-state index < -0.39 is 0 Å². The van der Waals surface area contributed by atoms with Gasteiger partial charge in [0.2, 0.25) is 0 Å². The predicted octanol–water partition coefficient (Wildman–Crippen LogP) is 2.44. The predicted molar refractivity (Wildman–Crippen MR) is 64.8 cm³/mol. The summed E-state index contributed by atoms with van der Waals surface area (Å²) in [7, 11) is 0. The highest BCUT2D eigenvalue weighted by Crippen LogP contribution is 2.14. The lowest BCUT2D eigenvalue weighted by atomic mass is 10.3. The monoisotopic (exact) mass is 297 g/mol. The summed E-state index contributed by atoms with van der Waals surface area (Å²) in [6, 6.07) is 13.0. The molecule has 1 aromatic carbocycles. The van der Waals surface area contributed by atoms with Gasteiger partial charge in [-0.25, -0.2) is 0 Å². The molecule has 0 unspecified atom stereocenters. The van der Waals surface area contributed by atoms with Crippen molar-refractivity contribution in [2.24, 2.45) is 0 Å². The number of hydrogen-bond acceptors (Lipinski definition) is 1. The Bertz CT molecular complexity index is 504. The van der Waals surface area contributed by atoms with Crippen molar-refractivity contribution in [1.29, 1.82) is 0 Å². The molecule has 1 heterocycles. The van der Waals surface area contributed by atoms with E-state index >= 15 is 0 Å². The molecule has 2 aromatic rings. The van der Waals surface area contributed by atoms with Gasteiger partial charge in [0, 0.05) is 15.8 Å². The molecule has 14 heavy (non-hydrogen) atoms.